The van der Waals surface area contributed by atoms with Crippen LogP contribution < -0.4 is 11.0 Å². The van der Waals surface area contributed by atoms with Crippen LogP contribution in [0.2, 0.25) is 0 Å². The molecule has 0 spiro atoms. The van der Waals surface area contributed by atoms with Crippen molar-refractivity contribution in [2.45, 2.75) is 44.4 Å². The van der Waals surface area contributed by atoms with Crippen molar-refractivity contribution < 1.29 is 14.6 Å². The summed E-state index contributed by atoms with van der Waals surface area (Å²) < 4.78 is 7.41. The minimum Gasteiger partial charge on any atom is -0.395 e. The summed E-state index contributed by atoms with van der Waals surface area (Å²) in [6.07, 6.45) is 1.25. The molecule has 0 radical (unpaired) electrons. The van der Waals surface area contributed by atoms with Gasteiger partial charge in [-0.2, -0.15) is 10.4 Å². The van der Waals surface area contributed by atoms with Gasteiger partial charge in [0, 0.05) is 24.6 Å². The summed E-state index contributed by atoms with van der Waals surface area (Å²) in [4.78, 5) is 5.02. The Bertz CT molecular complexity index is 460. The van der Waals surface area contributed by atoms with Crippen molar-refractivity contribution in [1.29, 1.82) is 0 Å². The van der Waals surface area contributed by atoms with Crippen LogP contribution in [0.25, 0.3) is 0 Å². The summed E-state index contributed by atoms with van der Waals surface area (Å²) in [5, 5.41) is 13.2. The predicted molar refractivity (Wildman–Crippen MR) is 82.3 cm³/mol. The zero-order valence-corrected chi connectivity index (χ0v) is 13.8. The second kappa shape index (κ2) is 6.53. The molecule has 7 nitrogen and oxygen atoms in total. The van der Waals surface area contributed by atoms with E-state index in [1.807, 2.05) is 27.7 Å². The molecule has 1 fully saturated rings. The highest BCUT2D eigenvalue weighted by Gasteiger charge is 2.27. The van der Waals surface area contributed by atoms with Gasteiger partial charge < -0.3 is 9.63 Å². The summed E-state index contributed by atoms with van der Waals surface area (Å²) in [5.74, 6) is 0.392. The van der Waals surface area contributed by atoms with Crippen molar-refractivity contribution in [3.63, 3.8) is 0 Å². The van der Waals surface area contributed by atoms with E-state index in [1.165, 1.54) is 6.42 Å². The summed E-state index contributed by atoms with van der Waals surface area (Å²) in [7, 11) is 0. The second-order valence-electron chi connectivity index (χ2n) is 6.31. The Morgan fingerprint density at radius 3 is 2.71 bits per heavy atom. The number of hydrogen-bond donors (Lipinski definition) is 3. The SMILES string of the molecule is CC(C)(NONc1cc(C(C)(C)CO)no1)SN1CCC1. The van der Waals surface area contributed by atoms with Crippen LogP contribution in [0.15, 0.2) is 10.6 Å². The molecule has 1 saturated heterocycles. The number of rotatable bonds is 8. The fraction of sp³-hybridized carbons (Fsp3) is 0.769. The van der Waals surface area contributed by atoms with Crippen LogP contribution in [0.4, 0.5) is 5.88 Å². The monoisotopic (exact) mass is 316 g/mol. The van der Waals surface area contributed by atoms with Crippen LogP contribution in [-0.4, -0.2) is 39.1 Å². The molecule has 0 aromatic carbocycles. The van der Waals surface area contributed by atoms with Gasteiger partial charge in [0.2, 0.25) is 5.88 Å². The lowest BCUT2D eigenvalue weighted by Gasteiger charge is -2.36. The second-order valence-corrected chi connectivity index (χ2v) is 8.03. The molecule has 120 valence electrons. The Labute approximate surface area is 129 Å². The molecule has 0 saturated carbocycles. The Morgan fingerprint density at radius 2 is 2.14 bits per heavy atom. The van der Waals surface area contributed by atoms with Crippen molar-refractivity contribution in [3.8, 4) is 0 Å². The van der Waals surface area contributed by atoms with Crippen LogP contribution >= 0.6 is 11.9 Å². The standard InChI is InChI=1S/C13H24N4O3S/c1-12(2,9-18)10-8-11(19-14-10)15-20-16-13(3,4)21-17-6-5-7-17/h8,15-16,18H,5-7,9H2,1-4H3. The van der Waals surface area contributed by atoms with E-state index in [2.05, 4.69) is 20.4 Å². The van der Waals surface area contributed by atoms with E-state index in [0.29, 0.717) is 11.6 Å². The highest BCUT2D eigenvalue weighted by Crippen LogP contribution is 2.29. The molecule has 0 bridgehead atoms. The fourth-order valence-corrected chi connectivity index (χ4v) is 2.81. The molecule has 21 heavy (non-hydrogen) atoms. The van der Waals surface area contributed by atoms with Gasteiger partial charge in [-0.25, -0.2) is 9.79 Å². The number of aromatic nitrogens is 1. The molecule has 2 heterocycles. The highest BCUT2D eigenvalue weighted by molar-refractivity contribution is 7.98. The number of nitrogens with zero attached hydrogens (tertiary/aromatic N) is 2. The molecule has 0 amide bonds. The van der Waals surface area contributed by atoms with Crippen LogP contribution in [0.5, 0.6) is 0 Å². The van der Waals surface area contributed by atoms with E-state index < -0.39 is 5.41 Å². The van der Waals surface area contributed by atoms with Gasteiger partial charge in [-0.1, -0.05) is 31.0 Å². The predicted octanol–water partition coefficient (Wildman–Crippen LogP) is 1.88. The van der Waals surface area contributed by atoms with Gasteiger partial charge in [0.05, 0.1) is 17.2 Å². The molecular formula is C13H24N4O3S. The molecule has 8 heteroatoms. The third-order valence-corrected chi connectivity index (χ3v) is 4.38. The van der Waals surface area contributed by atoms with Crippen molar-refractivity contribution in [2.24, 2.45) is 0 Å². The lowest BCUT2D eigenvalue weighted by Crippen LogP contribution is -2.43. The molecule has 1 aliphatic rings. The van der Waals surface area contributed by atoms with Crippen molar-refractivity contribution >= 4 is 17.8 Å². The van der Waals surface area contributed by atoms with E-state index in [0.717, 1.165) is 13.1 Å². The van der Waals surface area contributed by atoms with Crippen LogP contribution in [-0.2, 0) is 10.4 Å². The van der Waals surface area contributed by atoms with Crippen LogP contribution in [0.3, 0.4) is 0 Å². The smallest absolute Gasteiger partial charge is 0.250 e. The van der Waals surface area contributed by atoms with Crippen LogP contribution in [0.1, 0.15) is 39.8 Å². The Balaban J connectivity index is 1.78. The van der Waals surface area contributed by atoms with Crippen molar-refractivity contribution in [1.82, 2.24) is 14.9 Å². The molecular weight excluding hydrogens is 292 g/mol. The first-order valence-corrected chi connectivity index (χ1v) is 7.81. The topological polar surface area (TPSA) is 82.8 Å². The number of aliphatic hydroxyl groups is 1. The molecule has 1 aliphatic heterocycles. The fourth-order valence-electron chi connectivity index (χ4n) is 1.64. The molecule has 3 N–H and O–H groups in total. The van der Waals surface area contributed by atoms with Gasteiger partial charge >= 0.3 is 0 Å². The van der Waals surface area contributed by atoms with Gasteiger partial charge in [-0.3, -0.25) is 0 Å². The minimum absolute atomic E-state index is 0.00239. The number of hydrogen-bond acceptors (Lipinski definition) is 8. The van der Waals surface area contributed by atoms with Crippen molar-refractivity contribution in [2.75, 3.05) is 25.2 Å². The van der Waals surface area contributed by atoms with Gasteiger partial charge in [-0.15, -0.1) is 0 Å². The largest absolute Gasteiger partial charge is 0.395 e. The quantitative estimate of drug-likeness (QED) is 0.381. The summed E-state index contributed by atoms with van der Waals surface area (Å²) >= 11 is 1.71. The molecule has 0 unspecified atom stereocenters. The average Bonchev–Trinajstić information content (AvgIpc) is 2.83. The first-order valence-electron chi connectivity index (χ1n) is 7.03. The molecule has 2 rings (SSSR count). The number of nitrogens with one attached hydrogen (secondary N) is 2. The zero-order valence-electron chi connectivity index (χ0n) is 13.0. The molecule has 1 aromatic rings. The first-order chi connectivity index (χ1) is 9.82. The third-order valence-electron chi connectivity index (χ3n) is 3.22. The normalized spacial score (nSPS) is 16.8. The number of aliphatic hydroxyl groups excluding tert-OH is 1. The minimum atomic E-state index is -0.441. The van der Waals surface area contributed by atoms with Gasteiger partial charge in [0.15, 0.2) is 0 Å². The van der Waals surface area contributed by atoms with E-state index in [9.17, 15) is 5.11 Å². The summed E-state index contributed by atoms with van der Waals surface area (Å²) in [6, 6.07) is 1.72. The summed E-state index contributed by atoms with van der Waals surface area (Å²) in [6.45, 7) is 10.1. The van der Waals surface area contributed by atoms with E-state index in [4.69, 9.17) is 9.46 Å². The lowest BCUT2D eigenvalue weighted by molar-refractivity contribution is 0.0505. The van der Waals surface area contributed by atoms with E-state index >= 15 is 0 Å². The molecule has 1 aromatic heterocycles. The Hall–Kier alpha value is -0.800. The average molecular weight is 316 g/mol. The van der Waals surface area contributed by atoms with E-state index in [-0.39, 0.29) is 11.5 Å². The Morgan fingerprint density at radius 1 is 1.43 bits per heavy atom. The number of anilines is 1. The van der Waals surface area contributed by atoms with Gasteiger partial charge in [-0.05, 0) is 20.3 Å². The lowest BCUT2D eigenvalue weighted by atomic mass is 9.91. The third kappa shape index (κ3) is 4.58. The maximum Gasteiger partial charge on any atom is 0.250 e. The van der Waals surface area contributed by atoms with Gasteiger partial charge in [0.1, 0.15) is 0 Å². The highest BCUT2D eigenvalue weighted by atomic mass is 32.2. The maximum atomic E-state index is 9.30. The zero-order chi connectivity index (χ0) is 15.5. The summed E-state index contributed by atoms with van der Waals surface area (Å²) in [5.41, 5.74) is 5.85. The maximum absolute atomic E-state index is 9.30. The molecule has 0 aliphatic carbocycles. The number of hydroxylamine groups is 1. The van der Waals surface area contributed by atoms with Crippen LogP contribution in [0, 0.1) is 0 Å². The first kappa shape index (κ1) is 16.6. The Kier molecular flexibility index (Phi) is 5.15. The van der Waals surface area contributed by atoms with Gasteiger partial charge in [0.25, 0.3) is 0 Å². The van der Waals surface area contributed by atoms with Crippen molar-refractivity contribution in [3.05, 3.63) is 11.8 Å². The van der Waals surface area contributed by atoms with E-state index in [1.54, 1.807) is 18.0 Å². The molecule has 0 atom stereocenters.